The van der Waals surface area contributed by atoms with Crippen LogP contribution >= 0.6 is 0 Å². The average Bonchev–Trinajstić information content (AvgIpc) is 3.45. The van der Waals surface area contributed by atoms with Crippen LogP contribution in [0.2, 0.25) is 0 Å². The summed E-state index contributed by atoms with van der Waals surface area (Å²) in [6, 6.07) is 5.83. The van der Waals surface area contributed by atoms with Crippen LogP contribution < -0.4 is 14.8 Å². The second-order valence-electron chi connectivity index (χ2n) is 5.78. The van der Waals surface area contributed by atoms with Crippen molar-refractivity contribution in [2.75, 3.05) is 13.2 Å². The average molecular weight is 311 g/mol. The standard InChI is InChI=1S/C17H17N3O3/c21-17(13-10-18-5-6-19-13)20-16(11-1-2-11)12-3-4-14-15(9-12)23-8-7-22-14/h3-6,9-11,16H,1-2,7-8H2,(H,20,21)/t16-/m1/s1. The summed E-state index contributed by atoms with van der Waals surface area (Å²) in [4.78, 5) is 20.4. The second kappa shape index (κ2) is 5.87. The maximum Gasteiger partial charge on any atom is 0.271 e. The predicted octanol–water partition coefficient (Wildman–Crippen LogP) is 2.13. The molecule has 118 valence electrons. The van der Waals surface area contributed by atoms with Crippen LogP contribution in [0.5, 0.6) is 11.5 Å². The molecular weight excluding hydrogens is 294 g/mol. The summed E-state index contributed by atoms with van der Waals surface area (Å²) < 4.78 is 11.2. The number of aromatic nitrogens is 2. The molecule has 4 rings (SSSR count). The van der Waals surface area contributed by atoms with Crippen LogP contribution in [0.1, 0.15) is 34.9 Å². The highest BCUT2D eigenvalue weighted by atomic mass is 16.6. The number of nitrogens with one attached hydrogen (secondary N) is 1. The molecule has 23 heavy (non-hydrogen) atoms. The molecule has 1 saturated carbocycles. The van der Waals surface area contributed by atoms with E-state index in [4.69, 9.17) is 9.47 Å². The number of carbonyl (C=O) groups excluding carboxylic acids is 1. The number of rotatable bonds is 4. The van der Waals surface area contributed by atoms with Gasteiger partial charge >= 0.3 is 0 Å². The first-order valence-electron chi connectivity index (χ1n) is 7.78. The van der Waals surface area contributed by atoms with Gasteiger partial charge in [-0.25, -0.2) is 4.98 Å². The van der Waals surface area contributed by atoms with Crippen LogP contribution in [0.4, 0.5) is 0 Å². The van der Waals surface area contributed by atoms with Crippen molar-refractivity contribution in [2.45, 2.75) is 18.9 Å². The molecule has 1 aromatic carbocycles. The van der Waals surface area contributed by atoms with Gasteiger partial charge in [-0.05, 0) is 36.5 Å². The third-order valence-corrected chi connectivity index (χ3v) is 4.10. The number of fused-ring (bicyclic) bond motifs is 1. The van der Waals surface area contributed by atoms with Gasteiger partial charge in [0.15, 0.2) is 11.5 Å². The van der Waals surface area contributed by atoms with Crippen molar-refractivity contribution >= 4 is 5.91 Å². The van der Waals surface area contributed by atoms with Gasteiger partial charge < -0.3 is 14.8 Å². The van der Waals surface area contributed by atoms with Crippen LogP contribution in [0.25, 0.3) is 0 Å². The number of hydrogen-bond donors (Lipinski definition) is 1. The molecule has 2 aromatic rings. The third-order valence-electron chi connectivity index (χ3n) is 4.10. The quantitative estimate of drug-likeness (QED) is 0.936. The summed E-state index contributed by atoms with van der Waals surface area (Å²) in [5, 5.41) is 3.08. The van der Waals surface area contributed by atoms with Crippen LogP contribution in [-0.4, -0.2) is 29.1 Å². The number of benzene rings is 1. The van der Waals surface area contributed by atoms with Crippen molar-refractivity contribution in [3.8, 4) is 11.5 Å². The molecule has 1 aromatic heterocycles. The van der Waals surface area contributed by atoms with Gasteiger partial charge in [0, 0.05) is 12.4 Å². The topological polar surface area (TPSA) is 73.3 Å². The Balaban J connectivity index is 1.57. The Hall–Kier alpha value is -2.63. The lowest BCUT2D eigenvalue weighted by Crippen LogP contribution is -2.30. The fraction of sp³-hybridized carbons (Fsp3) is 0.353. The minimum atomic E-state index is -0.204. The Labute approximate surface area is 133 Å². The van der Waals surface area contributed by atoms with Gasteiger partial charge in [0.2, 0.25) is 0 Å². The Morgan fingerprint density at radius 2 is 2.00 bits per heavy atom. The van der Waals surface area contributed by atoms with E-state index in [1.54, 1.807) is 6.20 Å². The van der Waals surface area contributed by atoms with E-state index in [2.05, 4.69) is 15.3 Å². The molecule has 0 bridgehead atoms. The smallest absolute Gasteiger partial charge is 0.271 e. The van der Waals surface area contributed by atoms with Gasteiger partial charge in [-0.1, -0.05) is 6.07 Å². The minimum absolute atomic E-state index is 0.0414. The summed E-state index contributed by atoms with van der Waals surface area (Å²) in [5.41, 5.74) is 1.37. The van der Waals surface area contributed by atoms with E-state index >= 15 is 0 Å². The first-order chi connectivity index (χ1) is 11.3. The Bertz CT molecular complexity index is 716. The molecular formula is C17H17N3O3. The largest absolute Gasteiger partial charge is 0.486 e. The zero-order valence-electron chi connectivity index (χ0n) is 12.6. The fourth-order valence-corrected chi connectivity index (χ4v) is 2.79. The highest BCUT2D eigenvalue weighted by Gasteiger charge is 2.34. The number of nitrogens with zero attached hydrogens (tertiary/aromatic N) is 2. The van der Waals surface area contributed by atoms with E-state index in [1.165, 1.54) is 12.4 Å². The van der Waals surface area contributed by atoms with Crippen molar-refractivity contribution in [1.82, 2.24) is 15.3 Å². The molecule has 0 spiro atoms. The predicted molar refractivity (Wildman–Crippen MR) is 82.4 cm³/mol. The Morgan fingerprint density at radius 1 is 1.17 bits per heavy atom. The van der Waals surface area contributed by atoms with Crippen molar-refractivity contribution in [3.05, 3.63) is 48.0 Å². The maximum absolute atomic E-state index is 12.4. The van der Waals surface area contributed by atoms with Gasteiger partial charge in [-0.3, -0.25) is 9.78 Å². The van der Waals surface area contributed by atoms with E-state index in [-0.39, 0.29) is 11.9 Å². The zero-order chi connectivity index (χ0) is 15.6. The first kappa shape index (κ1) is 14.0. The summed E-state index contributed by atoms with van der Waals surface area (Å²) in [5.74, 6) is 1.76. The van der Waals surface area contributed by atoms with Gasteiger partial charge in [0.25, 0.3) is 5.91 Å². The number of carbonyl (C=O) groups is 1. The highest BCUT2D eigenvalue weighted by Crippen LogP contribution is 2.43. The lowest BCUT2D eigenvalue weighted by molar-refractivity contribution is 0.0926. The van der Waals surface area contributed by atoms with Crippen LogP contribution in [0, 0.1) is 5.92 Å². The molecule has 6 heteroatoms. The van der Waals surface area contributed by atoms with Crippen molar-refractivity contribution in [1.29, 1.82) is 0 Å². The monoisotopic (exact) mass is 311 g/mol. The highest BCUT2D eigenvalue weighted by molar-refractivity contribution is 5.92. The maximum atomic E-state index is 12.4. The summed E-state index contributed by atoms with van der Waals surface area (Å²) in [6.45, 7) is 1.12. The molecule has 6 nitrogen and oxygen atoms in total. The van der Waals surface area contributed by atoms with Gasteiger partial charge in [0.1, 0.15) is 18.9 Å². The Morgan fingerprint density at radius 3 is 2.74 bits per heavy atom. The third kappa shape index (κ3) is 2.97. The molecule has 0 saturated heterocycles. The lowest BCUT2D eigenvalue weighted by Gasteiger charge is -2.23. The molecule has 0 radical (unpaired) electrons. The van der Waals surface area contributed by atoms with E-state index < -0.39 is 0 Å². The van der Waals surface area contributed by atoms with E-state index in [9.17, 15) is 4.79 Å². The van der Waals surface area contributed by atoms with E-state index in [0.29, 0.717) is 24.8 Å². The molecule has 1 aliphatic carbocycles. The molecule has 0 unspecified atom stereocenters. The van der Waals surface area contributed by atoms with Crippen molar-refractivity contribution in [3.63, 3.8) is 0 Å². The van der Waals surface area contributed by atoms with Crippen LogP contribution in [0.3, 0.4) is 0 Å². The molecule has 1 fully saturated rings. The lowest BCUT2D eigenvalue weighted by atomic mass is 10.0. The van der Waals surface area contributed by atoms with Gasteiger partial charge in [-0.2, -0.15) is 0 Å². The van der Waals surface area contributed by atoms with E-state index in [1.807, 2.05) is 18.2 Å². The normalized spacial score (nSPS) is 17.4. The van der Waals surface area contributed by atoms with Crippen LogP contribution in [-0.2, 0) is 0 Å². The van der Waals surface area contributed by atoms with Crippen molar-refractivity contribution in [2.24, 2.45) is 5.92 Å². The second-order valence-corrected chi connectivity index (χ2v) is 5.78. The molecule has 1 atom stereocenters. The first-order valence-corrected chi connectivity index (χ1v) is 7.78. The SMILES string of the molecule is O=C(N[C@@H](c1ccc2c(c1)OCCO2)C1CC1)c1cnccn1. The summed E-state index contributed by atoms with van der Waals surface area (Å²) in [7, 11) is 0. The van der Waals surface area contributed by atoms with Gasteiger partial charge in [0.05, 0.1) is 12.2 Å². The molecule has 1 amide bonds. The number of hydrogen-bond acceptors (Lipinski definition) is 5. The molecule has 2 aliphatic rings. The molecule has 1 N–H and O–H groups in total. The minimum Gasteiger partial charge on any atom is -0.486 e. The molecule has 1 aliphatic heterocycles. The van der Waals surface area contributed by atoms with Crippen LogP contribution in [0.15, 0.2) is 36.8 Å². The summed E-state index contributed by atoms with van der Waals surface area (Å²) in [6.07, 6.45) is 6.77. The number of amides is 1. The zero-order valence-corrected chi connectivity index (χ0v) is 12.6. The van der Waals surface area contributed by atoms with Crippen molar-refractivity contribution < 1.29 is 14.3 Å². The number of ether oxygens (including phenoxy) is 2. The summed E-state index contributed by atoms with van der Waals surface area (Å²) >= 11 is 0. The fourth-order valence-electron chi connectivity index (χ4n) is 2.79. The van der Waals surface area contributed by atoms with E-state index in [0.717, 1.165) is 29.9 Å². The molecule has 2 heterocycles. The Kier molecular flexibility index (Phi) is 3.57. The van der Waals surface area contributed by atoms with Gasteiger partial charge in [-0.15, -0.1) is 0 Å².